The van der Waals surface area contributed by atoms with Crippen molar-refractivity contribution in [2.45, 2.75) is 38.5 Å². The lowest BCUT2D eigenvalue weighted by molar-refractivity contribution is 0.170. The Hall–Kier alpha value is -1.86. The van der Waals surface area contributed by atoms with Gasteiger partial charge in [0.05, 0.1) is 12.6 Å². The van der Waals surface area contributed by atoms with Crippen molar-refractivity contribution in [1.29, 1.82) is 0 Å². The van der Waals surface area contributed by atoms with Crippen LogP contribution in [-0.4, -0.2) is 32.8 Å². The molecule has 3 rings (SSSR count). The number of rotatable bonds is 4. The second kappa shape index (κ2) is 6.10. The number of halogens is 2. The second-order valence-electron chi connectivity index (χ2n) is 5.46. The molecule has 22 heavy (non-hydrogen) atoms. The monoisotopic (exact) mass is 309 g/mol. The van der Waals surface area contributed by atoms with Crippen LogP contribution in [0.15, 0.2) is 22.7 Å². The number of aliphatic hydroxyl groups is 1. The summed E-state index contributed by atoms with van der Waals surface area (Å²) in [7, 11) is 0. The highest BCUT2D eigenvalue weighted by molar-refractivity contribution is 5.24. The molecule has 7 heteroatoms. The molecule has 1 aromatic heterocycles. The average Bonchev–Trinajstić information content (AvgIpc) is 3.08. The molecule has 0 amide bonds. The number of aryl methyl sites for hydroxylation is 1. The standard InChI is InChI=1S/C15H17F2N3O2/c1-2-15-18-14(19-22-15)8-20-7-10(21)6-13(20)11-5-9(16)3-4-12(11)17/h3-5,10,13,21H,2,6-8H2,1H3/t10-,13+/m0/s1. The van der Waals surface area contributed by atoms with Crippen LogP contribution in [0.2, 0.25) is 0 Å². The van der Waals surface area contributed by atoms with E-state index in [0.29, 0.717) is 37.6 Å². The van der Waals surface area contributed by atoms with Gasteiger partial charge in [0.25, 0.3) is 0 Å². The number of likely N-dealkylation sites (tertiary alicyclic amines) is 1. The summed E-state index contributed by atoms with van der Waals surface area (Å²) in [6, 6.07) is 2.96. The average molecular weight is 309 g/mol. The normalized spacial score (nSPS) is 22.4. The summed E-state index contributed by atoms with van der Waals surface area (Å²) < 4.78 is 32.5. The summed E-state index contributed by atoms with van der Waals surface area (Å²) in [4.78, 5) is 6.06. The van der Waals surface area contributed by atoms with Crippen LogP contribution in [0.1, 0.15) is 36.7 Å². The summed E-state index contributed by atoms with van der Waals surface area (Å²) in [5, 5.41) is 13.8. The van der Waals surface area contributed by atoms with Crippen molar-refractivity contribution < 1.29 is 18.4 Å². The highest BCUT2D eigenvalue weighted by Crippen LogP contribution is 2.34. The first kappa shape index (κ1) is 15.1. The van der Waals surface area contributed by atoms with E-state index in [1.54, 1.807) is 0 Å². The first-order chi connectivity index (χ1) is 10.6. The van der Waals surface area contributed by atoms with Gasteiger partial charge in [0, 0.05) is 24.6 Å². The summed E-state index contributed by atoms with van der Waals surface area (Å²) in [6.07, 6.45) is 0.390. The lowest BCUT2D eigenvalue weighted by atomic mass is 10.0. The van der Waals surface area contributed by atoms with Crippen molar-refractivity contribution in [3.8, 4) is 0 Å². The van der Waals surface area contributed by atoms with Crippen LogP contribution in [0.5, 0.6) is 0 Å². The predicted octanol–water partition coefficient (Wildman–Crippen LogP) is 2.22. The smallest absolute Gasteiger partial charge is 0.226 e. The fourth-order valence-electron chi connectivity index (χ4n) is 2.83. The molecule has 118 valence electrons. The molecule has 1 fully saturated rings. The van der Waals surface area contributed by atoms with Crippen LogP contribution >= 0.6 is 0 Å². The quantitative estimate of drug-likeness (QED) is 0.938. The van der Waals surface area contributed by atoms with Gasteiger partial charge in [0.1, 0.15) is 11.6 Å². The minimum Gasteiger partial charge on any atom is -0.392 e. The molecule has 2 heterocycles. The Morgan fingerprint density at radius 2 is 2.23 bits per heavy atom. The van der Waals surface area contributed by atoms with Gasteiger partial charge in [-0.15, -0.1) is 0 Å². The lowest BCUT2D eigenvalue weighted by Gasteiger charge is -2.23. The zero-order chi connectivity index (χ0) is 15.7. The third-order valence-corrected chi connectivity index (χ3v) is 3.86. The van der Waals surface area contributed by atoms with E-state index < -0.39 is 23.8 Å². The molecule has 0 aliphatic carbocycles. The van der Waals surface area contributed by atoms with Crippen LogP contribution in [0.25, 0.3) is 0 Å². The summed E-state index contributed by atoms with van der Waals surface area (Å²) >= 11 is 0. The largest absolute Gasteiger partial charge is 0.392 e. The molecule has 1 N–H and O–H groups in total. The molecule has 2 atom stereocenters. The van der Waals surface area contributed by atoms with Gasteiger partial charge in [-0.3, -0.25) is 4.90 Å². The molecule has 0 radical (unpaired) electrons. The molecule has 0 unspecified atom stereocenters. The Kier molecular flexibility index (Phi) is 4.17. The Bertz CT molecular complexity index is 662. The molecular weight excluding hydrogens is 292 g/mol. The highest BCUT2D eigenvalue weighted by Gasteiger charge is 2.34. The van der Waals surface area contributed by atoms with Gasteiger partial charge in [-0.25, -0.2) is 8.78 Å². The Morgan fingerprint density at radius 1 is 1.41 bits per heavy atom. The fraction of sp³-hybridized carbons (Fsp3) is 0.467. The zero-order valence-corrected chi connectivity index (χ0v) is 12.2. The molecule has 1 aliphatic rings. The van der Waals surface area contributed by atoms with Gasteiger partial charge in [-0.05, 0) is 24.6 Å². The number of hydrogen-bond acceptors (Lipinski definition) is 5. The maximum Gasteiger partial charge on any atom is 0.226 e. The van der Waals surface area contributed by atoms with Crippen molar-refractivity contribution in [3.05, 3.63) is 47.1 Å². The maximum atomic E-state index is 14.0. The molecule has 0 saturated carbocycles. The van der Waals surface area contributed by atoms with Crippen molar-refractivity contribution in [2.75, 3.05) is 6.54 Å². The van der Waals surface area contributed by atoms with E-state index in [-0.39, 0.29) is 5.56 Å². The van der Waals surface area contributed by atoms with Gasteiger partial charge < -0.3 is 9.63 Å². The molecule has 0 spiro atoms. The third-order valence-electron chi connectivity index (χ3n) is 3.86. The van der Waals surface area contributed by atoms with Crippen molar-refractivity contribution >= 4 is 0 Å². The predicted molar refractivity (Wildman–Crippen MR) is 73.8 cm³/mol. The van der Waals surface area contributed by atoms with E-state index >= 15 is 0 Å². The Labute approximate surface area is 126 Å². The van der Waals surface area contributed by atoms with E-state index in [1.165, 1.54) is 6.07 Å². The van der Waals surface area contributed by atoms with E-state index in [1.807, 2.05) is 11.8 Å². The van der Waals surface area contributed by atoms with Crippen LogP contribution in [0.3, 0.4) is 0 Å². The SMILES string of the molecule is CCc1nc(CN2C[C@@H](O)C[C@@H]2c2cc(F)ccc2F)no1. The van der Waals surface area contributed by atoms with Crippen LogP contribution < -0.4 is 0 Å². The van der Waals surface area contributed by atoms with Crippen molar-refractivity contribution in [2.24, 2.45) is 0 Å². The van der Waals surface area contributed by atoms with Crippen molar-refractivity contribution in [3.63, 3.8) is 0 Å². The molecule has 5 nitrogen and oxygen atoms in total. The first-order valence-corrected chi connectivity index (χ1v) is 7.25. The van der Waals surface area contributed by atoms with Crippen LogP contribution in [0, 0.1) is 11.6 Å². The minimum absolute atomic E-state index is 0.246. The number of hydrogen-bond donors (Lipinski definition) is 1. The van der Waals surface area contributed by atoms with Crippen LogP contribution in [-0.2, 0) is 13.0 Å². The number of aliphatic hydroxyl groups excluding tert-OH is 1. The minimum atomic E-state index is -0.592. The molecular formula is C15H17F2N3O2. The molecule has 0 bridgehead atoms. The molecule has 1 aliphatic heterocycles. The van der Waals surface area contributed by atoms with E-state index in [0.717, 1.165) is 12.1 Å². The molecule has 2 aromatic rings. The lowest BCUT2D eigenvalue weighted by Crippen LogP contribution is -2.25. The molecule has 1 aromatic carbocycles. The first-order valence-electron chi connectivity index (χ1n) is 7.25. The number of β-amino-alcohol motifs (C(OH)–C–C–N with tert-alkyl or cyclic N) is 1. The summed E-state index contributed by atoms with van der Waals surface area (Å²) in [6.45, 7) is 2.58. The third kappa shape index (κ3) is 3.00. The van der Waals surface area contributed by atoms with Gasteiger partial charge in [0.2, 0.25) is 5.89 Å². The highest BCUT2D eigenvalue weighted by atomic mass is 19.1. The number of benzene rings is 1. The van der Waals surface area contributed by atoms with Gasteiger partial charge >= 0.3 is 0 Å². The van der Waals surface area contributed by atoms with Gasteiger partial charge in [-0.2, -0.15) is 4.98 Å². The Morgan fingerprint density at radius 3 is 2.95 bits per heavy atom. The van der Waals surface area contributed by atoms with Gasteiger partial charge in [0.15, 0.2) is 5.82 Å². The second-order valence-corrected chi connectivity index (χ2v) is 5.46. The number of aromatic nitrogens is 2. The van der Waals surface area contributed by atoms with E-state index in [2.05, 4.69) is 10.1 Å². The topological polar surface area (TPSA) is 62.4 Å². The number of nitrogens with zero attached hydrogens (tertiary/aromatic N) is 3. The summed E-state index contributed by atoms with van der Waals surface area (Å²) in [5.41, 5.74) is 0.246. The van der Waals surface area contributed by atoms with E-state index in [4.69, 9.17) is 4.52 Å². The zero-order valence-electron chi connectivity index (χ0n) is 12.2. The maximum absolute atomic E-state index is 14.0. The van der Waals surface area contributed by atoms with Gasteiger partial charge in [-0.1, -0.05) is 12.1 Å². The van der Waals surface area contributed by atoms with E-state index in [9.17, 15) is 13.9 Å². The summed E-state index contributed by atoms with van der Waals surface area (Å²) in [5.74, 6) is 0.0365. The van der Waals surface area contributed by atoms with Crippen LogP contribution in [0.4, 0.5) is 8.78 Å². The van der Waals surface area contributed by atoms with Crippen molar-refractivity contribution in [1.82, 2.24) is 15.0 Å². The Balaban J connectivity index is 1.84. The molecule has 1 saturated heterocycles. The fourth-order valence-corrected chi connectivity index (χ4v) is 2.83.